The molecule has 11 heteroatoms. The van der Waals surface area contributed by atoms with Crippen molar-refractivity contribution in [2.24, 2.45) is 0 Å². The standard InChI is InChI=1S/C23H23ClF3N5O2/c1-15(31-9-6-23(26,27)19(12-31)16-4-7-32(34)8-5-16)22(33)29-21-13-30(14-28-21)11-17-2-3-18(24)10-20(17)25/h2-5,7-8,10,13-15,19H,6,9,11-12H2,1H3,(H-,29,33,34)/p+1/t15-,19+/m0/s1. The zero-order valence-corrected chi connectivity index (χ0v) is 19.1. The van der Waals surface area contributed by atoms with Gasteiger partial charge in [0.15, 0.2) is 5.82 Å². The van der Waals surface area contributed by atoms with Gasteiger partial charge in [-0.15, -0.1) is 0 Å². The molecule has 3 aromatic rings. The largest absolute Gasteiger partial charge is 0.331 e. The van der Waals surface area contributed by atoms with Crippen LogP contribution in [0.4, 0.5) is 19.0 Å². The molecule has 2 aromatic heterocycles. The summed E-state index contributed by atoms with van der Waals surface area (Å²) in [5, 5.41) is 12.4. The molecule has 3 heterocycles. The number of likely N-dealkylation sites (tertiary alicyclic amines) is 1. The molecule has 2 N–H and O–H groups in total. The highest BCUT2D eigenvalue weighted by Gasteiger charge is 2.46. The molecule has 1 amide bonds. The third-order valence-electron chi connectivity index (χ3n) is 6.08. The number of rotatable bonds is 6. The summed E-state index contributed by atoms with van der Waals surface area (Å²) in [5.41, 5.74) is 0.807. The van der Waals surface area contributed by atoms with Crippen molar-refractivity contribution in [2.45, 2.75) is 37.8 Å². The normalized spacial score (nSPS) is 19.0. The molecule has 34 heavy (non-hydrogen) atoms. The first-order valence-corrected chi connectivity index (χ1v) is 11.1. The van der Waals surface area contributed by atoms with Gasteiger partial charge in [-0.3, -0.25) is 14.9 Å². The summed E-state index contributed by atoms with van der Waals surface area (Å²) in [6.07, 6.45) is 5.25. The van der Waals surface area contributed by atoms with Crippen LogP contribution in [-0.4, -0.2) is 50.6 Å². The van der Waals surface area contributed by atoms with Crippen molar-refractivity contribution in [2.75, 3.05) is 18.4 Å². The van der Waals surface area contributed by atoms with E-state index in [1.165, 1.54) is 36.9 Å². The summed E-state index contributed by atoms with van der Waals surface area (Å²) < 4.78 is 45.7. The zero-order chi connectivity index (χ0) is 24.5. The predicted octanol–water partition coefficient (Wildman–Crippen LogP) is 3.70. The Morgan fingerprint density at radius 1 is 1.35 bits per heavy atom. The maximum Gasteiger partial charge on any atom is 0.257 e. The third kappa shape index (κ3) is 5.34. The Morgan fingerprint density at radius 2 is 2.09 bits per heavy atom. The van der Waals surface area contributed by atoms with Gasteiger partial charge in [0, 0.05) is 53.2 Å². The Hall–Kier alpha value is -3.11. The first-order chi connectivity index (χ1) is 16.1. The number of anilines is 1. The van der Waals surface area contributed by atoms with Gasteiger partial charge in [0.25, 0.3) is 5.92 Å². The molecule has 1 fully saturated rings. The summed E-state index contributed by atoms with van der Waals surface area (Å²) in [4.78, 5) is 18.7. The monoisotopic (exact) mass is 494 g/mol. The number of piperidine rings is 1. The number of nitrogens with zero attached hydrogens (tertiary/aromatic N) is 4. The molecule has 0 bridgehead atoms. The number of halogens is 4. The number of benzene rings is 1. The summed E-state index contributed by atoms with van der Waals surface area (Å²) >= 11 is 5.78. The maximum atomic E-state index is 14.6. The molecule has 0 spiro atoms. The number of carbonyl (C=O) groups is 1. The van der Waals surface area contributed by atoms with Crippen molar-refractivity contribution >= 4 is 23.3 Å². The van der Waals surface area contributed by atoms with Gasteiger partial charge in [-0.05, 0) is 24.6 Å². The van der Waals surface area contributed by atoms with E-state index in [9.17, 15) is 23.2 Å². The second-order valence-electron chi connectivity index (χ2n) is 8.40. The van der Waals surface area contributed by atoms with Crippen molar-refractivity contribution in [3.8, 4) is 0 Å². The number of nitrogens with one attached hydrogen (secondary N) is 1. The first kappa shape index (κ1) is 24.0. The minimum atomic E-state index is -2.93. The molecule has 2 atom stereocenters. The molecular formula is C23H24ClF3N5O2+. The summed E-state index contributed by atoms with van der Waals surface area (Å²) in [7, 11) is 0. The van der Waals surface area contributed by atoms with Gasteiger partial charge < -0.3 is 9.88 Å². The van der Waals surface area contributed by atoms with Crippen LogP contribution in [0.25, 0.3) is 0 Å². The maximum absolute atomic E-state index is 14.6. The minimum Gasteiger partial charge on any atom is -0.331 e. The smallest absolute Gasteiger partial charge is 0.257 e. The lowest BCUT2D eigenvalue weighted by Gasteiger charge is -2.40. The molecule has 1 aromatic carbocycles. The quantitative estimate of drug-likeness (QED) is 0.405. The summed E-state index contributed by atoms with van der Waals surface area (Å²) in [5.74, 6) is -4.58. The van der Waals surface area contributed by atoms with Gasteiger partial charge >= 0.3 is 0 Å². The molecular weight excluding hydrogens is 471 g/mol. The van der Waals surface area contributed by atoms with E-state index in [2.05, 4.69) is 10.3 Å². The van der Waals surface area contributed by atoms with Gasteiger partial charge in [-0.2, -0.15) is 0 Å². The number of hydrogen-bond acceptors (Lipinski definition) is 4. The number of carbonyl (C=O) groups excluding carboxylic acids is 1. The van der Waals surface area contributed by atoms with Crippen LogP contribution in [0.1, 0.15) is 30.4 Å². The second kappa shape index (κ2) is 9.63. The first-order valence-electron chi connectivity index (χ1n) is 10.7. The van der Waals surface area contributed by atoms with Gasteiger partial charge in [-0.1, -0.05) is 17.7 Å². The van der Waals surface area contributed by atoms with Crippen LogP contribution in [0, 0.1) is 5.82 Å². The molecule has 0 aliphatic carbocycles. The van der Waals surface area contributed by atoms with Crippen molar-refractivity contribution in [3.05, 3.63) is 77.2 Å². The molecule has 0 unspecified atom stereocenters. The van der Waals surface area contributed by atoms with E-state index in [0.717, 1.165) is 4.73 Å². The molecule has 1 aliphatic heterocycles. The fourth-order valence-electron chi connectivity index (χ4n) is 4.04. The van der Waals surface area contributed by atoms with Crippen molar-refractivity contribution < 1.29 is 27.9 Å². The number of alkyl halides is 2. The highest BCUT2D eigenvalue weighted by Crippen LogP contribution is 2.40. The van der Waals surface area contributed by atoms with E-state index in [1.807, 2.05) is 0 Å². The number of pyridine rings is 1. The molecule has 1 saturated heterocycles. The van der Waals surface area contributed by atoms with E-state index < -0.39 is 23.7 Å². The highest BCUT2D eigenvalue weighted by molar-refractivity contribution is 6.30. The minimum absolute atomic E-state index is 0.0126. The van der Waals surface area contributed by atoms with Crippen LogP contribution in [0.15, 0.2) is 55.2 Å². The average Bonchev–Trinajstić information content (AvgIpc) is 3.22. The third-order valence-corrected chi connectivity index (χ3v) is 6.32. The lowest BCUT2D eigenvalue weighted by atomic mass is 9.87. The predicted molar refractivity (Wildman–Crippen MR) is 119 cm³/mol. The lowest BCUT2D eigenvalue weighted by molar-refractivity contribution is -0.904. The second-order valence-corrected chi connectivity index (χ2v) is 8.84. The van der Waals surface area contributed by atoms with Crippen LogP contribution in [0.5, 0.6) is 0 Å². The molecule has 7 nitrogen and oxygen atoms in total. The Balaban J connectivity index is 1.40. The van der Waals surface area contributed by atoms with Crippen molar-refractivity contribution in [1.82, 2.24) is 14.5 Å². The molecule has 1 aliphatic rings. The zero-order valence-electron chi connectivity index (χ0n) is 18.3. The number of aromatic nitrogens is 3. The highest BCUT2D eigenvalue weighted by atomic mass is 35.5. The Morgan fingerprint density at radius 3 is 2.79 bits per heavy atom. The van der Waals surface area contributed by atoms with E-state index in [-0.39, 0.29) is 37.8 Å². The Bertz CT molecular complexity index is 1170. The van der Waals surface area contributed by atoms with E-state index in [4.69, 9.17) is 11.6 Å². The molecule has 0 saturated carbocycles. The van der Waals surface area contributed by atoms with Crippen LogP contribution in [-0.2, 0) is 11.3 Å². The molecule has 0 radical (unpaired) electrons. The van der Waals surface area contributed by atoms with Gasteiger partial charge in [-0.25, -0.2) is 18.2 Å². The topological polar surface area (TPSA) is 74.3 Å². The fraction of sp³-hybridized carbons (Fsp3) is 0.348. The van der Waals surface area contributed by atoms with Crippen LogP contribution < -0.4 is 10.0 Å². The van der Waals surface area contributed by atoms with Gasteiger partial charge in [0.2, 0.25) is 18.3 Å². The van der Waals surface area contributed by atoms with Crippen LogP contribution in [0.3, 0.4) is 0 Å². The summed E-state index contributed by atoms with van der Waals surface area (Å²) in [6, 6.07) is 6.61. The van der Waals surface area contributed by atoms with Crippen LogP contribution >= 0.6 is 11.6 Å². The van der Waals surface area contributed by atoms with E-state index in [1.54, 1.807) is 34.7 Å². The summed E-state index contributed by atoms with van der Waals surface area (Å²) in [6.45, 7) is 1.91. The van der Waals surface area contributed by atoms with E-state index in [0.29, 0.717) is 16.1 Å². The van der Waals surface area contributed by atoms with Crippen molar-refractivity contribution in [3.63, 3.8) is 0 Å². The van der Waals surface area contributed by atoms with E-state index >= 15 is 0 Å². The SMILES string of the molecule is C[C@@H](C(=O)Nc1cn(Cc2ccc(Cl)cc2F)cn1)N1CCC(F)(F)[C@@H](c2cc[n+](O)cc2)C1. The molecule has 180 valence electrons. The fourth-order valence-corrected chi connectivity index (χ4v) is 4.20. The number of hydrogen-bond donors (Lipinski definition) is 2. The van der Waals surface area contributed by atoms with Gasteiger partial charge in [0.1, 0.15) is 5.82 Å². The Labute approximate surface area is 199 Å². The molecule has 4 rings (SSSR count). The number of amides is 1. The lowest BCUT2D eigenvalue weighted by Crippen LogP contribution is -2.52. The van der Waals surface area contributed by atoms with Crippen molar-refractivity contribution in [1.29, 1.82) is 0 Å². The average molecular weight is 495 g/mol. The van der Waals surface area contributed by atoms with Crippen LogP contribution in [0.2, 0.25) is 5.02 Å². The number of imidazole rings is 1. The van der Waals surface area contributed by atoms with Gasteiger partial charge in [0.05, 0.1) is 24.8 Å². The Kier molecular flexibility index (Phi) is 6.81.